The van der Waals surface area contributed by atoms with Crippen LogP contribution in [0.3, 0.4) is 0 Å². The number of rotatable bonds is 3. The molecule has 104 valence electrons. The fourth-order valence-electron chi connectivity index (χ4n) is 1.36. The van der Waals surface area contributed by atoms with Crippen molar-refractivity contribution in [3.63, 3.8) is 0 Å². The van der Waals surface area contributed by atoms with Crippen LogP contribution in [0.1, 0.15) is 25.6 Å². The first-order valence-electron chi connectivity index (χ1n) is 5.45. The largest absolute Gasteiger partial charge is 0.339 e. The molecule has 18 heavy (non-hydrogen) atoms. The number of amides is 1. The summed E-state index contributed by atoms with van der Waals surface area (Å²) in [5.74, 6) is -0.0120. The molecule has 1 amide bonds. The Kier molecular flexibility index (Phi) is 6.85. The average molecular weight is 356 g/mol. The lowest BCUT2D eigenvalue weighted by Crippen LogP contribution is -2.48. The summed E-state index contributed by atoms with van der Waals surface area (Å²) in [6.07, 6.45) is 0. The minimum absolute atomic E-state index is 0. The molecular weight excluding hydrogens is 336 g/mol. The molecule has 3 nitrogen and oxygen atoms in total. The molecule has 1 rings (SSSR count). The van der Waals surface area contributed by atoms with E-state index in [1.165, 1.54) is 0 Å². The summed E-state index contributed by atoms with van der Waals surface area (Å²) in [7, 11) is 1.79. The molecule has 1 aromatic rings. The molecule has 0 radical (unpaired) electrons. The van der Waals surface area contributed by atoms with E-state index in [0.717, 1.165) is 9.35 Å². The Hall–Kier alpha value is -0.100. The molecule has 0 saturated carbocycles. The van der Waals surface area contributed by atoms with Crippen LogP contribution < -0.4 is 5.73 Å². The first kappa shape index (κ1) is 17.9. The normalized spacial score (nSPS) is 12.8. The van der Waals surface area contributed by atoms with E-state index < -0.39 is 6.04 Å². The molecule has 1 unspecified atom stereocenters. The summed E-state index contributed by atoms with van der Waals surface area (Å²) in [6, 6.07) is 1.56. The molecule has 2 N–H and O–H groups in total. The highest BCUT2D eigenvalue weighted by Gasteiger charge is 2.29. The van der Waals surface area contributed by atoms with Gasteiger partial charge in [-0.05, 0) is 27.4 Å². The number of nitrogens with zero attached hydrogens (tertiary/aromatic N) is 1. The number of nitrogens with two attached hydrogens (primary N) is 1. The summed E-state index contributed by atoms with van der Waals surface area (Å²) < 4.78 is 1.05. The minimum atomic E-state index is -0.462. The Bertz CT molecular complexity index is 403. The van der Waals surface area contributed by atoms with Gasteiger partial charge in [-0.3, -0.25) is 4.79 Å². The molecule has 1 atom stereocenters. The van der Waals surface area contributed by atoms with Crippen molar-refractivity contribution in [1.82, 2.24) is 4.90 Å². The Morgan fingerprint density at radius 3 is 2.50 bits per heavy atom. The van der Waals surface area contributed by atoms with Gasteiger partial charge in [0.05, 0.1) is 12.6 Å². The SMILES string of the molecule is CN(Cc1cc(Br)cs1)C(=O)C(N)C(C)(C)C.Cl. The van der Waals surface area contributed by atoms with Crippen LogP contribution in [0, 0.1) is 5.41 Å². The van der Waals surface area contributed by atoms with Gasteiger partial charge >= 0.3 is 0 Å². The molecule has 0 aromatic carbocycles. The lowest BCUT2D eigenvalue weighted by atomic mass is 9.86. The van der Waals surface area contributed by atoms with Crippen LogP contribution in [0.5, 0.6) is 0 Å². The summed E-state index contributed by atoms with van der Waals surface area (Å²) in [5, 5.41) is 2.01. The molecule has 0 aliphatic carbocycles. The number of halogens is 2. The quantitative estimate of drug-likeness (QED) is 0.904. The van der Waals surface area contributed by atoms with E-state index in [2.05, 4.69) is 15.9 Å². The lowest BCUT2D eigenvalue weighted by molar-refractivity contribution is -0.134. The van der Waals surface area contributed by atoms with E-state index in [0.29, 0.717) is 6.54 Å². The van der Waals surface area contributed by atoms with Gasteiger partial charge in [-0.2, -0.15) is 0 Å². The van der Waals surface area contributed by atoms with Crippen molar-refractivity contribution in [2.75, 3.05) is 7.05 Å². The summed E-state index contributed by atoms with van der Waals surface area (Å²) in [5.41, 5.74) is 5.75. The van der Waals surface area contributed by atoms with Crippen LogP contribution in [-0.2, 0) is 11.3 Å². The number of carbonyl (C=O) groups excluding carboxylic acids is 1. The zero-order chi connectivity index (χ0) is 13.2. The Morgan fingerprint density at radius 1 is 1.56 bits per heavy atom. The average Bonchev–Trinajstić information content (AvgIpc) is 2.60. The molecule has 6 heteroatoms. The zero-order valence-corrected chi connectivity index (χ0v) is 14.3. The highest BCUT2D eigenvalue weighted by Crippen LogP contribution is 2.23. The molecule has 1 aromatic heterocycles. The minimum Gasteiger partial charge on any atom is -0.339 e. The van der Waals surface area contributed by atoms with Gasteiger partial charge in [0.1, 0.15) is 0 Å². The summed E-state index contributed by atoms with van der Waals surface area (Å²) in [6.45, 7) is 6.54. The van der Waals surface area contributed by atoms with Gasteiger partial charge in [0.15, 0.2) is 0 Å². The fourth-order valence-corrected chi connectivity index (χ4v) is 2.86. The van der Waals surface area contributed by atoms with Gasteiger partial charge in [-0.1, -0.05) is 20.8 Å². The highest BCUT2D eigenvalue weighted by atomic mass is 79.9. The van der Waals surface area contributed by atoms with E-state index in [1.54, 1.807) is 23.3 Å². The number of hydrogen-bond donors (Lipinski definition) is 1. The number of likely N-dealkylation sites (N-methyl/N-ethyl adjacent to an activating group) is 1. The van der Waals surface area contributed by atoms with Crippen molar-refractivity contribution < 1.29 is 4.79 Å². The van der Waals surface area contributed by atoms with Gasteiger partial charge in [-0.15, -0.1) is 23.7 Å². The molecule has 0 spiro atoms. The Labute approximate surface area is 127 Å². The third-order valence-electron chi connectivity index (χ3n) is 2.59. The van der Waals surface area contributed by atoms with Crippen molar-refractivity contribution in [3.05, 3.63) is 20.8 Å². The first-order chi connectivity index (χ1) is 7.71. The smallest absolute Gasteiger partial charge is 0.240 e. The lowest BCUT2D eigenvalue weighted by Gasteiger charge is -2.29. The van der Waals surface area contributed by atoms with Gasteiger partial charge in [0.2, 0.25) is 5.91 Å². The fraction of sp³-hybridized carbons (Fsp3) is 0.583. The van der Waals surface area contributed by atoms with Crippen LogP contribution in [0.25, 0.3) is 0 Å². The van der Waals surface area contributed by atoms with Gasteiger partial charge in [0, 0.05) is 21.8 Å². The van der Waals surface area contributed by atoms with Crippen molar-refractivity contribution in [3.8, 4) is 0 Å². The zero-order valence-electron chi connectivity index (χ0n) is 11.1. The summed E-state index contributed by atoms with van der Waals surface area (Å²) in [4.78, 5) is 14.9. The van der Waals surface area contributed by atoms with E-state index >= 15 is 0 Å². The molecule has 0 aliphatic rings. The number of hydrogen-bond acceptors (Lipinski definition) is 3. The maximum Gasteiger partial charge on any atom is 0.240 e. The maximum absolute atomic E-state index is 12.1. The Morgan fingerprint density at radius 2 is 2.11 bits per heavy atom. The monoisotopic (exact) mass is 354 g/mol. The van der Waals surface area contributed by atoms with Crippen molar-refractivity contribution in [2.45, 2.75) is 33.4 Å². The van der Waals surface area contributed by atoms with Gasteiger partial charge in [0.25, 0.3) is 0 Å². The standard InChI is InChI=1S/C12H19BrN2OS.ClH/c1-12(2,3)10(14)11(16)15(4)6-9-5-8(13)7-17-9;/h5,7,10H,6,14H2,1-4H3;1H. The predicted molar refractivity (Wildman–Crippen MR) is 83.2 cm³/mol. The van der Waals surface area contributed by atoms with Crippen molar-refractivity contribution >= 4 is 45.6 Å². The van der Waals surface area contributed by atoms with Crippen LogP contribution >= 0.6 is 39.7 Å². The van der Waals surface area contributed by atoms with Gasteiger partial charge < -0.3 is 10.6 Å². The third-order valence-corrected chi connectivity index (χ3v) is 4.27. The Balaban J connectivity index is 0.00000289. The van der Waals surface area contributed by atoms with E-state index in [1.807, 2.05) is 32.2 Å². The van der Waals surface area contributed by atoms with Crippen LogP contribution in [0.15, 0.2) is 15.9 Å². The molecule has 0 saturated heterocycles. The third kappa shape index (κ3) is 4.88. The highest BCUT2D eigenvalue weighted by molar-refractivity contribution is 9.10. The molecule has 1 heterocycles. The predicted octanol–water partition coefficient (Wildman–Crippen LogP) is 3.26. The van der Waals surface area contributed by atoms with Crippen molar-refractivity contribution in [2.24, 2.45) is 11.1 Å². The van der Waals surface area contributed by atoms with Crippen molar-refractivity contribution in [1.29, 1.82) is 0 Å². The first-order valence-corrected chi connectivity index (χ1v) is 7.12. The summed E-state index contributed by atoms with van der Waals surface area (Å²) >= 11 is 5.03. The van der Waals surface area contributed by atoms with Crippen LogP contribution in [-0.4, -0.2) is 23.9 Å². The number of thiophene rings is 1. The second-order valence-corrected chi connectivity index (χ2v) is 7.18. The van der Waals surface area contributed by atoms with E-state index in [9.17, 15) is 4.79 Å². The van der Waals surface area contributed by atoms with Crippen LogP contribution in [0.2, 0.25) is 0 Å². The van der Waals surface area contributed by atoms with E-state index in [-0.39, 0.29) is 23.7 Å². The van der Waals surface area contributed by atoms with Gasteiger partial charge in [-0.25, -0.2) is 0 Å². The molecule has 0 fully saturated rings. The molecule has 0 aliphatic heterocycles. The topological polar surface area (TPSA) is 46.3 Å². The molecular formula is C12H20BrClN2OS. The maximum atomic E-state index is 12.1. The van der Waals surface area contributed by atoms with Crippen LogP contribution in [0.4, 0.5) is 0 Å². The second-order valence-electron chi connectivity index (χ2n) is 5.27. The second kappa shape index (κ2) is 6.89. The number of carbonyl (C=O) groups is 1. The molecule has 0 bridgehead atoms. The van der Waals surface area contributed by atoms with E-state index in [4.69, 9.17) is 5.73 Å².